The van der Waals surface area contributed by atoms with Crippen molar-refractivity contribution in [1.82, 2.24) is 0 Å². The molecule has 0 aromatic heterocycles. The maximum absolute atomic E-state index is 13.1. The van der Waals surface area contributed by atoms with E-state index in [1.807, 2.05) is 36.4 Å². The molecular formula is C21H17Cl2NO2. The summed E-state index contributed by atoms with van der Waals surface area (Å²) < 4.78 is 5.18. The van der Waals surface area contributed by atoms with Gasteiger partial charge in [-0.1, -0.05) is 47.5 Å². The van der Waals surface area contributed by atoms with E-state index in [1.165, 1.54) is 0 Å². The summed E-state index contributed by atoms with van der Waals surface area (Å²) in [7, 11) is 1.61. The summed E-state index contributed by atoms with van der Waals surface area (Å²) in [5, 5.41) is 4.43. The van der Waals surface area contributed by atoms with Crippen LogP contribution in [-0.4, -0.2) is 12.9 Å². The number of carbonyl (C=O) groups excluding carboxylic acids is 1. The molecule has 0 bridgehead atoms. The topological polar surface area (TPSA) is 38.3 Å². The van der Waals surface area contributed by atoms with Crippen LogP contribution >= 0.6 is 23.2 Å². The summed E-state index contributed by atoms with van der Waals surface area (Å²) in [5.41, 5.74) is 2.16. The van der Waals surface area contributed by atoms with E-state index >= 15 is 0 Å². The number of ketones is 1. The third kappa shape index (κ3) is 4.37. The van der Waals surface area contributed by atoms with E-state index < -0.39 is 6.04 Å². The van der Waals surface area contributed by atoms with Crippen LogP contribution in [-0.2, 0) is 0 Å². The maximum atomic E-state index is 13.1. The van der Waals surface area contributed by atoms with Gasteiger partial charge in [-0.15, -0.1) is 0 Å². The molecule has 0 aliphatic rings. The van der Waals surface area contributed by atoms with Gasteiger partial charge in [0.15, 0.2) is 5.78 Å². The number of rotatable bonds is 6. The van der Waals surface area contributed by atoms with E-state index in [1.54, 1.807) is 43.5 Å². The number of anilines is 1. The molecule has 3 aromatic carbocycles. The second-order valence-corrected chi connectivity index (χ2v) is 6.60. The minimum absolute atomic E-state index is 0.0781. The van der Waals surface area contributed by atoms with Gasteiger partial charge in [-0.2, -0.15) is 0 Å². The van der Waals surface area contributed by atoms with Crippen molar-refractivity contribution >= 4 is 34.7 Å². The Labute approximate surface area is 162 Å². The normalized spacial score (nSPS) is 11.7. The number of benzene rings is 3. The summed E-state index contributed by atoms with van der Waals surface area (Å²) in [4.78, 5) is 13.1. The molecule has 3 aromatic rings. The molecule has 1 N–H and O–H groups in total. The first-order valence-electron chi connectivity index (χ1n) is 8.02. The maximum Gasteiger partial charge on any atom is 0.189 e. The average molecular weight is 386 g/mol. The molecule has 0 heterocycles. The molecule has 1 atom stereocenters. The highest BCUT2D eigenvalue weighted by Gasteiger charge is 2.22. The quantitative estimate of drug-likeness (QED) is 0.525. The zero-order valence-electron chi connectivity index (χ0n) is 14.1. The fourth-order valence-electron chi connectivity index (χ4n) is 2.62. The lowest BCUT2D eigenvalue weighted by atomic mass is 9.97. The number of halogens is 2. The third-order valence-corrected chi connectivity index (χ3v) is 4.46. The molecule has 0 spiro atoms. The molecule has 3 rings (SSSR count). The standard InChI is InChI=1S/C21H17Cl2NO2/c1-26-19-11-9-18(10-12-19)24-20(14-5-7-16(22)8-6-14)21(25)15-3-2-4-17(23)13-15/h2-13,20,24H,1H3. The van der Waals surface area contributed by atoms with Crippen molar-refractivity contribution in [2.45, 2.75) is 6.04 Å². The van der Waals surface area contributed by atoms with Crippen LogP contribution in [0.3, 0.4) is 0 Å². The number of Topliss-reactive ketones (excluding diaryl/α,β-unsaturated/α-hetero) is 1. The fourth-order valence-corrected chi connectivity index (χ4v) is 2.93. The zero-order chi connectivity index (χ0) is 18.5. The fraction of sp³-hybridized carbons (Fsp3) is 0.0952. The molecule has 5 heteroatoms. The number of hydrogen-bond donors (Lipinski definition) is 1. The van der Waals surface area contributed by atoms with Crippen molar-refractivity contribution in [1.29, 1.82) is 0 Å². The molecule has 26 heavy (non-hydrogen) atoms. The average Bonchev–Trinajstić information content (AvgIpc) is 2.67. The molecule has 0 saturated heterocycles. The van der Waals surface area contributed by atoms with E-state index in [-0.39, 0.29) is 5.78 Å². The zero-order valence-corrected chi connectivity index (χ0v) is 15.6. The van der Waals surface area contributed by atoms with E-state index in [9.17, 15) is 4.79 Å². The van der Waals surface area contributed by atoms with Crippen LogP contribution in [0.25, 0.3) is 0 Å². The Bertz CT molecular complexity index is 893. The SMILES string of the molecule is COc1ccc(NC(C(=O)c2cccc(Cl)c2)c2ccc(Cl)cc2)cc1. The van der Waals surface area contributed by atoms with Gasteiger partial charge in [-0.3, -0.25) is 4.79 Å². The molecule has 3 nitrogen and oxygen atoms in total. The highest BCUT2D eigenvalue weighted by atomic mass is 35.5. The van der Waals surface area contributed by atoms with Crippen LogP contribution in [0.4, 0.5) is 5.69 Å². The van der Waals surface area contributed by atoms with E-state index in [4.69, 9.17) is 27.9 Å². The molecule has 132 valence electrons. The van der Waals surface area contributed by atoms with Gasteiger partial charge in [0.2, 0.25) is 0 Å². The second kappa shape index (κ2) is 8.26. The van der Waals surface area contributed by atoms with Crippen LogP contribution in [0.2, 0.25) is 10.0 Å². The van der Waals surface area contributed by atoms with E-state index in [2.05, 4.69) is 5.32 Å². The van der Waals surface area contributed by atoms with Crippen LogP contribution in [0.5, 0.6) is 5.75 Å². The first-order chi connectivity index (χ1) is 12.6. The summed E-state index contributed by atoms with van der Waals surface area (Å²) in [6.07, 6.45) is 0. The molecule has 0 aliphatic carbocycles. The van der Waals surface area contributed by atoms with Crippen molar-refractivity contribution < 1.29 is 9.53 Å². The van der Waals surface area contributed by atoms with Gasteiger partial charge in [0.25, 0.3) is 0 Å². The number of nitrogens with one attached hydrogen (secondary N) is 1. The lowest BCUT2D eigenvalue weighted by Gasteiger charge is -2.20. The van der Waals surface area contributed by atoms with Crippen LogP contribution in [0.15, 0.2) is 72.8 Å². The van der Waals surface area contributed by atoms with Crippen molar-refractivity contribution in [2.24, 2.45) is 0 Å². The Morgan fingerprint density at radius 2 is 1.62 bits per heavy atom. The molecule has 0 aliphatic heterocycles. The molecular weight excluding hydrogens is 369 g/mol. The molecule has 0 saturated carbocycles. The van der Waals surface area contributed by atoms with Crippen molar-refractivity contribution in [2.75, 3.05) is 12.4 Å². The van der Waals surface area contributed by atoms with Gasteiger partial charge in [0.1, 0.15) is 11.8 Å². The number of ether oxygens (including phenoxy) is 1. The first kappa shape index (κ1) is 18.3. The van der Waals surface area contributed by atoms with Gasteiger partial charge in [0.05, 0.1) is 7.11 Å². The van der Waals surface area contributed by atoms with Gasteiger partial charge in [-0.25, -0.2) is 0 Å². The van der Waals surface area contributed by atoms with Crippen LogP contribution in [0, 0.1) is 0 Å². The third-order valence-electron chi connectivity index (χ3n) is 3.98. The Kier molecular flexibility index (Phi) is 5.82. The monoisotopic (exact) mass is 385 g/mol. The van der Waals surface area contributed by atoms with Crippen molar-refractivity contribution in [3.63, 3.8) is 0 Å². The van der Waals surface area contributed by atoms with Crippen LogP contribution < -0.4 is 10.1 Å². The lowest BCUT2D eigenvalue weighted by Crippen LogP contribution is -2.21. The Balaban J connectivity index is 1.95. The van der Waals surface area contributed by atoms with Crippen molar-refractivity contribution in [3.05, 3.63) is 94.0 Å². The van der Waals surface area contributed by atoms with Crippen LogP contribution in [0.1, 0.15) is 22.0 Å². The largest absolute Gasteiger partial charge is 0.497 e. The van der Waals surface area contributed by atoms with Gasteiger partial charge >= 0.3 is 0 Å². The highest BCUT2D eigenvalue weighted by Crippen LogP contribution is 2.27. The smallest absolute Gasteiger partial charge is 0.189 e. The number of hydrogen-bond acceptors (Lipinski definition) is 3. The number of carbonyl (C=O) groups is 1. The van der Waals surface area contributed by atoms with Gasteiger partial charge < -0.3 is 10.1 Å². The first-order valence-corrected chi connectivity index (χ1v) is 8.78. The summed E-state index contributed by atoms with van der Waals surface area (Å²) in [6, 6.07) is 21.0. The van der Waals surface area contributed by atoms with Gasteiger partial charge in [-0.05, 0) is 54.1 Å². The second-order valence-electron chi connectivity index (χ2n) is 5.73. The Morgan fingerprint density at radius 3 is 2.23 bits per heavy atom. The predicted molar refractivity (Wildman–Crippen MR) is 107 cm³/mol. The highest BCUT2D eigenvalue weighted by molar-refractivity contribution is 6.31. The molecule has 0 radical (unpaired) electrons. The molecule has 1 unspecified atom stereocenters. The minimum atomic E-state index is -0.570. The Hall–Kier alpha value is -2.49. The summed E-state index contributed by atoms with van der Waals surface area (Å²) in [6.45, 7) is 0. The summed E-state index contributed by atoms with van der Waals surface area (Å²) >= 11 is 12.0. The molecule has 0 amide bonds. The minimum Gasteiger partial charge on any atom is -0.497 e. The number of methoxy groups -OCH3 is 1. The van der Waals surface area contributed by atoms with E-state index in [0.717, 1.165) is 17.0 Å². The van der Waals surface area contributed by atoms with E-state index in [0.29, 0.717) is 15.6 Å². The van der Waals surface area contributed by atoms with Crippen molar-refractivity contribution in [3.8, 4) is 5.75 Å². The predicted octanol–water partition coefficient (Wildman–Crippen LogP) is 6.04. The molecule has 0 fully saturated rings. The lowest BCUT2D eigenvalue weighted by molar-refractivity contribution is 0.0969. The van der Waals surface area contributed by atoms with Gasteiger partial charge in [0, 0.05) is 21.3 Å². The summed E-state index contributed by atoms with van der Waals surface area (Å²) in [5.74, 6) is 0.672. The Morgan fingerprint density at radius 1 is 0.923 bits per heavy atom.